The molecule has 1 N–H and O–H groups in total. The number of hydrogen-bond donors (Lipinski definition) is 1. The highest BCUT2D eigenvalue weighted by atomic mass is 16.5. The van der Waals surface area contributed by atoms with Gasteiger partial charge in [0.1, 0.15) is 5.75 Å². The Labute approximate surface area is 103 Å². The summed E-state index contributed by atoms with van der Waals surface area (Å²) < 4.78 is 6.91. The van der Waals surface area contributed by atoms with E-state index in [1.807, 2.05) is 42.5 Å². The molecule has 1 heterocycles. The molecule has 0 spiro atoms. The van der Waals surface area contributed by atoms with Gasteiger partial charge in [-0.25, -0.2) is 0 Å². The van der Waals surface area contributed by atoms with Crippen molar-refractivity contribution in [1.29, 1.82) is 0 Å². The van der Waals surface area contributed by atoms with Crippen LogP contribution in [0.5, 0.6) is 5.75 Å². The van der Waals surface area contributed by atoms with Gasteiger partial charge in [-0.15, -0.1) is 0 Å². The largest absolute Gasteiger partial charge is 0.497 e. The first-order valence-corrected chi connectivity index (χ1v) is 5.64. The van der Waals surface area contributed by atoms with Crippen LogP contribution in [0, 0.1) is 0 Å². The predicted molar refractivity (Wildman–Crippen MR) is 70.4 cm³/mol. The van der Waals surface area contributed by atoms with Gasteiger partial charge in [0, 0.05) is 0 Å². The molecule has 2 aromatic carbocycles. The Balaban J connectivity index is 2.30. The van der Waals surface area contributed by atoms with Crippen LogP contribution in [-0.2, 0) is 0 Å². The lowest BCUT2D eigenvalue weighted by Crippen LogP contribution is -2.03. The van der Waals surface area contributed by atoms with E-state index in [9.17, 15) is 4.79 Å². The first-order chi connectivity index (χ1) is 8.79. The van der Waals surface area contributed by atoms with Crippen molar-refractivity contribution in [1.82, 2.24) is 9.78 Å². The summed E-state index contributed by atoms with van der Waals surface area (Å²) in [4.78, 5) is 11.9. The number of H-pyrrole nitrogens is 1. The highest BCUT2D eigenvalue weighted by molar-refractivity contribution is 5.81. The fourth-order valence-electron chi connectivity index (χ4n) is 2.02. The van der Waals surface area contributed by atoms with Crippen molar-refractivity contribution in [3.05, 3.63) is 58.9 Å². The predicted octanol–water partition coefficient (Wildman–Crippen LogP) is 2.33. The van der Waals surface area contributed by atoms with Crippen molar-refractivity contribution in [3.8, 4) is 11.4 Å². The third kappa shape index (κ3) is 1.59. The normalized spacial score (nSPS) is 10.7. The molecule has 1 aromatic heterocycles. The number of nitrogens with one attached hydrogen (secondary N) is 1. The molecule has 0 atom stereocenters. The van der Waals surface area contributed by atoms with Crippen molar-refractivity contribution in [3.63, 3.8) is 0 Å². The summed E-state index contributed by atoms with van der Waals surface area (Å²) in [6.45, 7) is 0. The standard InChI is InChI=1S/C14H12N2O2/c1-18-11-7-8-13-12(9-11)14(17)15-16(13)10-5-3-2-4-6-10/h2-9H,1H3,(H,15,17). The molecule has 3 aromatic rings. The van der Waals surface area contributed by atoms with Crippen LogP contribution in [0.15, 0.2) is 53.3 Å². The highest BCUT2D eigenvalue weighted by Gasteiger charge is 2.08. The summed E-state index contributed by atoms with van der Waals surface area (Å²) in [5, 5.41) is 3.45. The quantitative estimate of drug-likeness (QED) is 0.747. The fourth-order valence-corrected chi connectivity index (χ4v) is 2.02. The maximum absolute atomic E-state index is 11.9. The lowest BCUT2D eigenvalue weighted by atomic mass is 10.2. The van der Waals surface area contributed by atoms with Crippen molar-refractivity contribution >= 4 is 10.9 Å². The molecule has 4 nitrogen and oxygen atoms in total. The highest BCUT2D eigenvalue weighted by Crippen LogP contribution is 2.20. The summed E-state index contributed by atoms with van der Waals surface area (Å²) in [5.74, 6) is 0.679. The molecule has 90 valence electrons. The van der Waals surface area contributed by atoms with Crippen molar-refractivity contribution < 1.29 is 4.74 Å². The van der Waals surface area contributed by atoms with Gasteiger partial charge < -0.3 is 4.74 Å². The van der Waals surface area contributed by atoms with E-state index < -0.39 is 0 Å². The SMILES string of the molecule is COc1ccc2c(c1)c(=O)[nH]n2-c1ccccc1. The molecular formula is C14H12N2O2. The number of fused-ring (bicyclic) bond motifs is 1. The van der Waals surface area contributed by atoms with Crippen LogP contribution in [0.1, 0.15) is 0 Å². The Hall–Kier alpha value is -2.49. The van der Waals surface area contributed by atoms with Gasteiger partial charge in [0.25, 0.3) is 5.56 Å². The minimum absolute atomic E-state index is 0.118. The molecule has 4 heteroatoms. The molecule has 0 saturated heterocycles. The van der Waals surface area contributed by atoms with E-state index in [0.717, 1.165) is 11.2 Å². The summed E-state index contributed by atoms with van der Waals surface area (Å²) in [6.07, 6.45) is 0. The Bertz CT molecular complexity index is 741. The van der Waals surface area contributed by atoms with Crippen LogP contribution < -0.4 is 10.3 Å². The summed E-state index contributed by atoms with van der Waals surface area (Å²) in [7, 11) is 1.59. The smallest absolute Gasteiger partial charge is 0.272 e. The van der Waals surface area contributed by atoms with Crippen LogP contribution in [-0.4, -0.2) is 16.9 Å². The molecule has 0 fully saturated rings. The third-order valence-corrected chi connectivity index (χ3v) is 2.92. The zero-order valence-electron chi connectivity index (χ0n) is 9.88. The summed E-state index contributed by atoms with van der Waals surface area (Å²) in [6, 6.07) is 15.2. The van der Waals surface area contributed by atoms with Gasteiger partial charge in [-0.2, -0.15) is 0 Å². The first kappa shape index (κ1) is 10.7. The zero-order valence-corrected chi connectivity index (χ0v) is 9.88. The van der Waals surface area contributed by atoms with Gasteiger partial charge in [0.05, 0.1) is 23.7 Å². The number of hydrogen-bond acceptors (Lipinski definition) is 2. The molecule has 0 unspecified atom stereocenters. The topological polar surface area (TPSA) is 47.0 Å². The molecule has 3 rings (SSSR count). The van der Waals surface area contributed by atoms with Gasteiger partial charge in [0.2, 0.25) is 0 Å². The number of rotatable bonds is 2. The second-order valence-corrected chi connectivity index (χ2v) is 3.99. The molecule has 0 radical (unpaired) electrons. The molecular weight excluding hydrogens is 228 g/mol. The van der Waals surface area contributed by atoms with E-state index in [-0.39, 0.29) is 5.56 Å². The van der Waals surface area contributed by atoms with Gasteiger partial charge in [0.15, 0.2) is 0 Å². The number of para-hydroxylation sites is 1. The first-order valence-electron chi connectivity index (χ1n) is 5.64. The minimum Gasteiger partial charge on any atom is -0.497 e. The average molecular weight is 240 g/mol. The van der Waals surface area contributed by atoms with Crippen LogP contribution in [0.25, 0.3) is 16.6 Å². The molecule has 0 aliphatic rings. The van der Waals surface area contributed by atoms with Crippen LogP contribution in [0.2, 0.25) is 0 Å². The molecule has 0 aliphatic carbocycles. The zero-order chi connectivity index (χ0) is 12.5. The number of nitrogens with zero attached hydrogens (tertiary/aromatic N) is 1. The number of methoxy groups -OCH3 is 1. The maximum atomic E-state index is 11.9. The lowest BCUT2D eigenvalue weighted by molar-refractivity contribution is 0.415. The second kappa shape index (κ2) is 4.07. The van der Waals surface area contributed by atoms with Crippen LogP contribution in [0.3, 0.4) is 0 Å². The monoisotopic (exact) mass is 240 g/mol. The summed E-state index contributed by atoms with van der Waals surface area (Å²) in [5.41, 5.74) is 1.65. The van der Waals surface area contributed by atoms with E-state index >= 15 is 0 Å². The third-order valence-electron chi connectivity index (χ3n) is 2.92. The van der Waals surface area contributed by atoms with Gasteiger partial charge in [-0.3, -0.25) is 14.6 Å². The molecule has 18 heavy (non-hydrogen) atoms. The van der Waals surface area contributed by atoms with E-state index in [1.165, 1.54) is 0 Å². The van der Waals surface area contributed by atoms with E-state index in [2.05, 4.69) is 5.10 Å². The lowest BCUT2D eigenvalue weighted by Gasteiger charge is -2.04. The van der Waals surface area contributed by atoms with Crippen molar-refractivity contribution in [2.45, 2.75) is 0 Å². The van der Waals surface area contributed by atoms with E-state index in [1.54, 1.807) is 17.9 Å². The Kier molecular flexibility index (Phi) is 2.41. The average Bonchev–Trinajstić information content (AvgIpc) is 2.77. The van der Waals surface area contributed by atoms with E-state index in [0.29, 0.717) is 11.1 Å². The molecule has 0 saturated carbocycles. The van der Waals surface area contributed by atoms with Gasteiger partial charge in [-0.05, 0) is 30.3 Å². The fraction of sp³-hybridized carbons (Fsp3) is 0.0714. The molecule has 0 aliphatic heterocycles. The maximum Gasteiger partial charge on any atom is 0.272 e. The Morgan fingerprint density at radius 1 is 1.11 bits per heavy atom. The Morgan fingerprint density at radius 2 is 1.89 bits per heavy atom. The van der Waals surface area contributed by atoms with Gasteiger partial charge >= 0.3 is 0 Å². The van der Waals surface area contributed by atoms with Crippen molar-refractivity contribution in [2.75, 3.05) is 7.11 Å². The number of aromatic amines is 1. The molecule has 0 bridgehead atoms. The molecule has 0 amide bonds. The van der Waals surface area contributed by atoms with Crippen LogP contribution in [0.4, 0.5) is 0 Å². The van der Waals surface area contributed by atoms with Crippen molar-refractivity contribution in [2.24, 2.45) is 0 Å². The van der Waals surface area contributed by atoms with Crippen LogP contribution >= 0.6 is 0 Å². The summed E-state index contributed by atoms with van der Waals surface area (Å²) >= 11 is 0. The minimum atomic E-state index is -0.118. The van der Waals surface area contributed by atoms with Gasteiger partial charge in [-0.1, -0.05) is 18.2 Å². The Morgan fingerprint density at radius 3 is 2.61 bits per heavy atom. The number of benzene rings is 2. The number of aromatic nitrogens is 2. The van der Waals surface area contributed by atoms with E-state index in [4.69, 9.17) is 4.74 Å². The second-order valence-electron chi connectivity index (χ2n) is 3.99. The number of ether oxygens (including phenoxy) is 1.